The second-order valence-corrected chi connectivity index (χ2v) is 6.14. The van der Waals surface area contributed by atoms with Gasteiger partial charge >= 0.3 is 12.2 Å². The van der Waals surface area contributed by atoms with E-state index in [1.54, 1.807) is 0 Å². The summed E-state index contributed by atoms with van der Waals surface area (Å²) in [5.74, 6) is 1.42. The molecule has 5 nitrogen and oxygen atoms in total. The van der Waals surface area contributed by atoms with E-state index in [1.165, 1.54) is 6.42 Å². The minimum Gasteiger partial charge on any atom is -0.444 e. The van der Waals surface area contributed by atoms with Crippen molar-refractivity contribution in [3.05, 3.63) is 0 Å². The van der Waals surface area contributed by atoms with E-state index in [4.69, 9.17) is 14.3 Å². The molecule has 1 aliphatic rings. The van der Waals surface area contributed by atoms with Gasteiger partial charge < -0.3 is 9.64 Å². The number of ether oxygens (including phenoxy) is 1. The molecule has 0 saturated carbocycles. The Bertz CT molecular complexity index is 330. The summed E-state index contributed by atoms with van der Waals surface area (Å²) in [5, 5.41) is 0. The molecule has 0 aromatic heterocycles. The molecule has 0 spiro atoms. The molecule has 2 atom stereocenters. The summed E-state index contributed by atoms with van der Waals surface area (Å²) in [4.78, 5) is 30.1. The van der Waals surface area contributed by atoms with Crippen molar-refractivity contribution in [3.63, 3.8) is 0 Å². The molecule has 1 rings (SSSR count). The van der Waals surface area contributed by atoms with E-state index in [0.717, 1.165) is 31.8 Å². The Morgan fingerprint density at radius 2 is 1.67 bits per heavy atom. The third-order valence-corrected chi connectivity index (χ3v) is 3.59. The first kappa shape index (κ1) is 21.9. The van der Waals surface area contributed by atoms with Gasteiger partial charge in [-0.05, 0) is 39.0 Å². The van der Waals surface area contributed by atoms with Crippen molar-refractivity contribution in [1.82, 2.24) is 4.90 Å². The van der Waals surface area contributed by atoms with Gasteiger partial charge in [-0.3, -0.25) is 0 Å². The van der Waals surface area contributed by atoms with E-state index < -0.39 is 0 Å². The summed E-state index contributed by atoms with van der Waals surface area (Å²) in [5.41, 5.74) is -0.388. The number of piperidine rings is 1. The predicted molar refractivity (Wildman–Crippen MR) is 81.7 cm³/mol. The fraction of sp³-hybridized carbons (Fsp3) is 0.875. The molecule has 1 heterocycles. The van der Waals surface area contributed by atoms with Gasteiger partial charge in [0.05, 0.1) is 0 Å². The molecule has 1 aliphatic heterocycles. The van der Waals surface area contributed by atoms with Gasteiger partial charge in [0.25, 0.3) is 0 Å². The molecule has 1 amide bonds. The summed E-state index contributed by atoms with van der Waals surface area (Å²) in [6.45, 7) is 11.9. The van der Waals surface area contributed by atoms with E-state index >= 15 is 0 Å². The van der Waals surface area contributed by atoms with E-state index in [1.807, 2.05) is 25.7 Å². The highest BCUT2D eigenvalue weighted by Crippen LogP contribution is 2.29. The van der Waals surface area contributed by atoms with Gasteiger partial charge in [-0.15, -0.1) is 0 Å². The largest absolute Gasteiger partial charge is 0.444 e. The number of hydrogen-bond donors (Lipinski definition) is 0. The van der Waals surface area contributed by atoms with Gasteiger partial charge in [0.15, 0.2) is 0 Å². The van der Waals surface area contributed by atoms with Gasteiger partial charge in [0, 0.05) is 13.1 Å². The normalized spacial score (nSPS) is 21.3. The van der Waals surface area contributed by atoms with E-state index in [-0.39, 0.29) is 25.3 Å². The van der Waals surface area contributed by atoms with Crippen molar-refractivity contribution in [2.75, 3.05) is 13.1 Å². The maximum Gasteiger partial charge on any atom is 0.410 e. The molecular weight excluding hydrogens is 270 g/mol. The van der Waals surface area contributed by atoms with Crippen LogP contribution in [0.1, 0.15) is 61.3 Å². The third kappa shape index (κ3) is 8.51. The van der Waals surface area contributed by atoms with Gasteiger partial charge in [-0.2, -0.15) is 9.59 Å². The van der Waals surface area contributed by atoms with Gasteiger partial charge in [-0.25, -0.2) is 4.79 Å². The molecule has 0 aromatic carbocycles. The molecule has 124 valence electrons. The van der Waals surface area contributed by atoms with Crippen LogP contribution >= 0.6 is 0 Å². The lowest BCUT2D eigenvalue weighted by atomic mass is 9.82. The lowest BCUT2D eigenvalue weighted by Gasteiger charge is -2.38. The van der Waals surface area contributed by atoms with Crippen molar-refractivity contribution in [2.24, 2.45) is 11.8 Å². The smallest absolute Gasteiger partial charge is 0.410 e. The lowest BCUT2D eigenvalue weighted by molar-refractivity contribution is -0.191. The molecule has 1 saturated heterocycles. The zero-order valence-electron chi connectivity index (χ0n) is 13.3. The van der Waals surface area contributed by atoms with Crippen LogP contribution in [-0.2, 0) is 14.3 Å². The van der Waals surface area contributed by atoms with Crippen LogP contribution in [0.15, 0.2) is 0 Å². The summed E-state index contributed by atoms with van der Waals surface area (Å²) < 4.78 is 5.43. The van der Waals surface area contributed by atoms with Crippen LogP contribution in [0, 0.1) is 11.8 Å². The number of nitrogens with zero attached hydrogens (tertiary/aromatic N) is 1. The zero-order valence-corrected chi connectivity index (χ0v) is 13.3. The molecule has 5 heteroatoms. The zero-order chi connectivity index (χ0) is 15.8. The Hall–Kier alpha value is -1.35. The van der Waals surface area contributed by atoms with E-state index in [2.05, 4.69) is 13.8 Å². The summed E-state index contributed by atoms with van der Waals surface area (Å²) >= 11 is 0. The topological polar surface area (TPSA) is 63.7 Å². The summed E-state index contributed by atoms with van der Waals surface area (Å²) in [6, 6.07) is 0. The Balaban J connectivity index is 0. The predicted octanol–water partition coefficient (Wildman–Crippen LogP) is 3.73. The number of rotatable bonds is 2. The molecule has 21 heavy (non-hydrogen) atoms. The van der Waals surface area contributed by atoms with Crippen molar-refractivity contribution >= 4 is 12.2 Å². The maximum absolute atomic E-state index is 12.0. The van der Waals surface area contributed by atoms with E-state index in [9.17, 15) is 4.79 Å². The third-order valence-electron chi connectivity index (χ3n) is 3.59. The van der Waals surface area contributed by atoms with Gasteiger partial charge in [0.2, 0.25) is 0 Å². The van der Waals surface area contributed by atoms with Gasteiger partial charge in [-0.1, -0.05) is 34.1 Å². The van der Waals surface area contributed by atoms with Crippen LogP contribution in [0.5, 0.6) is 0 Å². The minimum atomic E-state index is -0.388. The highest BCUT2D eigenvalue weighted by atomic mass is 16.6. The monoisotopic (exact) mass is 301 g/mol. The maximum atomic E-state index is 12.0. The Labute approximate surface area is 129 Å². The fourth-order valence-electron chi connectivity index (χ4n) is 2.57. The van der Waals surface area contributed by atoms with Crippen LogP contribution in [0.25, 0.3) is 0 Å². The fourth-order valence-corrected chi connectivity index (χ4v) is 2.57. The Morgan fingerprint density at radius 1 is 1.19 bits per heavy atom. The molecule has 0 N–H and O–H groups in total. The number of likely N-dealkylation sites (tertiary alicyclic amines) is 1. The first-order valence-corrected chi connectivity index (χ1v) is 7.26. The van der Waals surface area contributed by atoms with Crippen molar-refractivity contribution in [1.29, 1.82) is 0 Å². The first-order chi connectivity index (χ1) is 9.28. The van der Waals surface area contributed by atoms with E-state index in [0.29, 0.717) is 5.92 Å². The lowest BCUT2D eigenvalue weighted by Crippen LogP contribution is -2.45. The quantitative estimate of drug-likeness (QED) is 0.779. The van der Waals surface area contributed by atoms with Crippen molar-refractivity contribution < 1.29 is 19.1 Å². The molecule has 0 aliphatic carbocycles. The number of carbonyl (C=O) groups is 1. The summed E-state index contributed by atoms with van der Waals surface area (Å²) in [7, 11) is 0. The average Bonchev–Trinajstić information content (AvgIpc) is 2.36. The Kier molecular flexibility index (Phi) is 10.9. The van der Waals surface area contributed by atoms with Crippen LogP contribution in [0.3, 0.4) is 0 Å². The SMILES string of the molecule is C.CCC1CCN(C(=O)OC(C)(C)C)CC1CC.O=C=O. The highest BCUT2D eigenvalue weighted by Gasteiger charge is 2.31. The molecular formula is C16H31NO4. The second kappa shape index (κ2) is 10.4. The minimum absolute atomic E-state index is 0. The molecule has 2 unspecified atom stereocenters. The van der Waals surface area contributed by atoms with Crippen LogP contribution in [0.4, 0.5) is 4.79 Å². The molecule has 0 bridgehead atoms. The van der Waals surface area contributed by atoms with Crippen LogP contribution in [0.2, 0.25) is 0 Å². The second-order valence-electron chi connectivity index (χ2n) is 6.14. The number of amides is 1. The Morgan fingerprint density at radius 3 is 2.05 bits per heavy atom. The number of hydrogen-bond acceptors (Lipinski definition) is 4. The standard InChI is InChI=1S/C14H27NO2.CO2.CH4/c1-6-11-8-9-15(10-12(11)7-2)13(16)17-14(3,4)5;2-1-3;/h11-12H,6-10H2,1-5H3;;1H4. The van der Waals surface area contributed by atoms with Crippen molar-refractivity contribution in [3.8, 4) is 0 Å². The molecule has 0 radical (unpaired) electrons. The van der Waals surface area contributed by atoms with Crippen LogP contribution in [-0.4, -0.2) is 35.8 Å². The molecule has 1 fully saturated rings. The van der Waals surface area contributed by atoms with Crippen LogP contribution < -0.4 is 0 Å². The van der Waals surface area contributed by atoms with Crippen molar-refractivity contribution in [2.45, 2.75) is 66.9 Å². The summed E-state index contributed by atoms with van der Waals surface area (Å²) in [6.07, 6.45) is 3.60. The number of carbonyl (C=O) groups excluding carboxylic acids is 3. The van der Waals surface area contributed by atoms with Gasteiger partial charge in [0.1, 0.15) is 5.60 Å². The highest BCUT2D eigenvalue weighted by molar-refractivity contribution is 5.68. The molecule has 0 aromatic rings. The average molecular weight is 301 g/mol. The first-order valence-electron chi connectivity index (χ1n) is 7.26.